The summed E-state index contributed by atoms with van der Waals surface area (Å²) < 4.78 is 0. The largest absolute Gasteiger partial charge is 0.320 e. The van der Waals surface area contributed by atoms with E-state index in [0.717, 1.165) is 17.0 Å². The lowest BCUT2D eigenvalue weighted by atomic mass is 9.94. The number of aromatic nitrogens is 1. The Balaban J connectivity index is 2.44. The molecule has 1 atom stereocenters. The van der Waals surface area contributed by atoms with Crippen molar-refractivity contribution in [1.29, 1.82) is 0 Å². The lowest BCUT2D eigenvalue weighted by molar-refractivity contribution is 0.835. The molecule has 1 heterocycles. The summed E-state index contributed by atoms with van der Waals surface area (Å²) in [5, 5.41) is 0. The summed E-state index contributed by atoms with van der Waals surface area (Å²) in [4.78, 5) is 4.49. The predicted molar refractivity (Wildman–Crippen MR) is 75.7 cm³/mol. The summed E-state index contributed by atoms with van der Waals surface area (Å²) >= 11 is 0. The molecule has 1 unspecified atom stereocenters. The molecule has 0 saturated heterocycles. The van der Waals surface area contributed by atoms with Crippen LogP contribution in [0.1, 0.15) is 39.7 Å². The molecule has 0 bridgehead atoms. The van der Waals surface area contributed by atoms with Crippen LogP contribution in [0, 0.1) is 27.7 Å². The molecule has 0 amide bonds. The summed E-state index contributed by atoms with van der Waals surface area (Å²) in [7, 11) is 0. The van der Waals surface area contributed by atoms with Gasteiger partial charge in [-0.1, -0.05) is 29.8 Å². The number of hydrogen-bond donors (Lipinski definition) is 1. The third-order valence-corrected chi connectivity index (χ3v) is 3.36. The first-order chi connectivity index (χ1) is 8.49. The van der Waals surface area contributed by atoms with Gasteiger partial charge in [0.15, 0.2) is 0 Å². The molecule has 0 fully saturated rings. The molecular weight excluding hydrogens is 220 g/mol. The van der Waals surface area contributed by atoms with Crippen LogP contribution in [0.5, 0.6) is 0 Å². The van der Waals surface area contributed by atoms with Crippen molar-refractivity contribution in [3.8, 4) is 0 Å². The molecule has 1 aromatic carbocycles. The Hall–Kier alpha value is -1.67. The van der Waals surface area contributed by atoms with E-state index in [-0.39, 0.29) is 6.04 Å². The van der Waals surface area contributed by atoms with E-state index in [4.69, 9.17) is 5.73 Å². The minimum atomic E-state index is -0.0984. The maximum absolute atomic E-state index is 6.38. The van der Waals surface area contributed by atoms with Crippen molar-refractivity contribution in [1.82, 2.24) is 4.98 Å². The van der Waals surface area contributed by atoms with Gasteiger partial charge in [0.1, 0.15) is 0 Å². The molecule has 0 aliphatic rings. The highest BCUT2D eigenvalue weighted by atomic mass is 14.7. The minimum Gasteiger partial charge on any atom is -0.320 e. The second-order valence-corrected chi connectivity index (χ2v) is 4.96. The fraction of sp³-hybridized carbons (Fsp3) is 0.312. The molecule has 0 aliphatic heterocycles. The zero-order valence-corrected chi connectivity index (χ0v) is 11.5. The van der Waals surface area contributed by atoms with Crippen LogP contribution in [0.25, 0.3) is 0 Å². The number of aryl methyl sites for hydroxylation is 4. The van der Waals surface area contributed by atoms with Crippen LogP contribution in [0.2, 0.25) is 0 Å². The van der Waals surface area contributed by atoms with E-state index in [9.17, 15) is 0 Å². The van der Waals surface area contributed by atoms with E-state index in [1.807, 2.05) is 19.9 Å². The van der Waals surface area contributed by atoms with Crippen LogP contribution < -0.4 is 5.73 Å². The van der Waals surface area contributed by atoms with Gasteiger partial charge in [0.05, 0.1) is 6.04 Å². The first-order valence-electron chi connectivity index (χ1n) is 6.26. The molecule has 2 rings (SSSR count). The summed E-state index contributed by atoms with van der Waals surface area (Å²) in [6.45, 7) is 8.23. The maximum atomic E-state index is 6.38. The zero-order valence-electron chi connectivity index (χ0n) is 11.5. The molecule has 2 nitrogen and oxygen atoms in total. The van der Waals surface area contributed by atoms with Crippen LogP contribution in [0.4, 0.5) is 0 Å². The van der Waals surface area contributed by atoms with Crippen molar-refractivity contribution < 1.29 is 0 Å². The molecule has 0 saturated carbocycles. The Kier molecular flexibility index (Phi) is 3.48. The first-order valence-corrected chi connectivity index (χ1v) is 6.26. The Bertz CT molecular complexity index is 522. The lowest BCUT2D eigenvalue weighted by Crippen LogP contribution is -2.15. The molecule has 0 spiro atoms. The zero-order chi connectivity index (χ0) is 13.3. The van der Waals surface area contributed by atoms with Crippen LogP contribution in [-0.4, -0.2) is 4.98 Å². The van der Waals surface area contributed by atoms with Crippen LogP contribution in [0.15, 0.2) is 30.3 Å². The number of pyridine rings is 1. The van der Waals surface area contributed by atoms with Crippen molar-refractivity contribution in [3.63, 3.8) is 0 Å². The van der Waals surface area contributed by atoms with Gasteiger partial charge in [-0.25, -0.2) is 0 Å². The average molecular weight is 240 g/mol. The van der Waals surface area contributed by atoms with Gasteiger partial charge >= 0.3 is 0 Å². The second kappa shape index (κ2) is 4.91. The van der Waals surface area contributed by atoms with Gasteiger partial charge in [-0.2, -0.15) is 0 Å². The fourth-order valence-electron chi connectivity index (χ4n) is 2.37. The van der Waals surface area contributed by atoms with Crippen molar-refractivity contribution in [2.24, 2.45) is 5.73 Å². The highest BCUT2D eigenvalue weighted by molar-refractivity contribution is 5.40. The second-order valence-electron chi connectivity index (χ2n) is 4.96. The Labute approximate surface area is 109 Å². The van der Waals surface area contributed by atoms with E-state index in [2.05, 4.69) is 43.1 Å². The number of benzene rings is 1. The molecule has 0 aliphatic carbocycles. The van der Waals surface area contributed by atoms with Crippen molar-refractivity contribution in [2.75, 3.05) is 0 Å². The van der Waals surface area contributed by atoms with E-state index >= 15 is 0 Å². The van der Waals surface area contributed by atoms with Crippen LogP contribution >= 0.6 is 0 Å². The molecule has 2 aromatic rings. The molecule has 18 heavy (non-hydrogen) atoms. The molecular formula is C16H20N2. The van der Waals surface area contributed by atoms with Gasteiger partial charge in [0.2, 0.25) is 0 Å². The normalized spacial score (nSPS) is 12.5. The van der Waals surface area contributed by atoms with Crippen LogP contribution in [0.3, 0.4) is 0 Å². The highest BCUT2D eigenvalue weighted by Gasteiger charge is 2.14. The lowest BCUT2D eigenvalue weighted by Gasteiger charge is -2.17. The highest BCUT2D eigenvalue weighted by Crippen LogP contribution is 2.25. The third-order valence-electron chi connectivity index (χ3n) is 3.36. The minimum absolute atomic E-state index is 0.0984. The summed E-state index contributed by atoms with van der Waals surface area (Å²) in [6.07, 6.45) is 0. The fourth-order valence-corrected chi connectivity index (χ4v) is 2.37. The average Bonchev–Trinajstić information content (AvgIpc) is 2.28. The number of rotatable bonds is 2. The summed E-state index contributed by atoms with van der Waals surface area (Å²) in [5.41, 5.74) is 13.2. The van der Waals surface area contributed by atoms with Crippen LogP contribution in [-0.2, 0) is 0 Å². The number of nitrogens with zero attached hydrogens (tertiary/aromatic N) is 1. The van der Waals surface area contributed by atoms with Crippen molar-refractivity contribution in [2.45, 2.75) is 33.7 Å². The quantitative estimate of drug-likeness (QED) is 0.874. The van der Waals surface area contributed by atoms with E-state index in [1.54, 1.807) is 0 Å². The van der Waals surface area contributed by atoms with E-state index < -0.39 is 0 Å². The van der Waals surface area contributed by atoms with Gasteiger partial charge < -0.3 is 5.73 Å². The summed E-state index contributed by atoms with van der Waals surface area (Å²) in [6, 6.07) is 10.4. The van der Waals surface area contributed by atoms with Gasteiger partial charge in [-0.15, -0.1) is 0 Å². The summed E-state index contributed by atoms with van der Waals surface area (Å²) in [5.74, 6) is 0. The Morgan fingerprint density at radius 2 is 1.61 bits per heavy atom. The Morgan fingerprint density at radius 1 is 0.944 bits per heavy atom. The number of nitrogens with two attached hydrogens (primary N) is 1. The van der Waals surface area contributed by atoms with Crippen molar-refractivity contribution in [3.05, 3.63) is 64.0 Å². The van der Waals surface area contributed by atoms with E-state index in [1.165, 1.54) is 16.7 Å². The third kappa shape index (κ3) is 2.44. The standard InChI is InChI=1S/C16H20N2/c1-10-5-7-14(11(2)9-10)16(17)15-8-6-12(3)18-13(15)4/h5-9,16H,17H2,1-4H3. The number of hydrogen-bond acceptors (Lipinski definition) is 2. The molecule has 94 valence electrons. The van der Waals surface area contributed by atoms with E-state index in [0.29, 0.717) is 0 Å². The van der Waals surface area contributed by atoms with Gasteiger partial charge in [0.25, 0.3) is 0 Å². The topological polar surface area (TPSA) is 38.9 Å². The first kappa shape index (κ1) is 12.8. The molecule has 0 radical (unpaired) electrons. The smallest absolute Gasteiger partial charge is 0.0572 e. The SMILES string of the molecule is Cc1ccc(C(N)c2ccc(C)nc2C)c(C)c1. The monoisotopic (exact) mass is 240 g/mol. The van der Waals surface area contributed by atoms with Crippen molar-refractivity contribution >= 4 is 0 Å². The molecule has 2 N–H and O–H groups in total. The maximum Gasteiger partial charge on any atom is 0.0572 e. The molecule has 2 heteroatoms. The predicted octanol–water partition coefficient (Wildman–Crippen LogP) is 3.36. The van der Waals surface area contributed by atoms with Gasteiger partial charge in [0, 0.05) is 11.4 Å². The van der Waals surface area contributed by atoms with Gasteiger partial charge in [-0.05, 0) is 50.5 Å². The van der Waals surface area contributed by atoms with Gasteiger partial charge in [-0.3, -0.25) is 4.98 Å². The molecule has 1 aromatic heterocycles. The Morgan fingerprint density at radius 3 is 2.22 bits per heavy atom.